The van der Waals surface area contributed by atoms with Gasteiger partial charge in [0.1, 0.15) is 17.5 Å². The van der Waals surface area contributed by atoms with E-state index in [9.17, 15) is 0 Å². The van der Waals surface area contributed by atoms with E-state index in [2.05, 4.69) is 35.6 Å². The van der Waals surface area contributed by atoms with Gasteiger partial charge in [-0.05, 0) is 6.92 Å². The van der Waals surface area contributed by atoms with Crippen LogP contribution in [0.2, 0.25) is 0 Å². The van der Waals surface area contributed by atoms with Gasteiger partial charge < -0.3 is 5.32 Å². The van der Waals surface area contributed by atoms with E-state index >= 15 is 0 Å². The predicted molar refractivity (Wildman–Crippen MR) is 76.5 cm³/mol. The van der Waals surface area contributed by atoms with Crippen molar-refractivity contribution in [2.75, 3.05) is 12.4 Å². The number of anilines is 1. The summed E-state index contributed by atoms with van der Waals surface area (Å²) in [5, 5.41) is 15.8. The van der Waals surface area contributed by atoms with E-state index in [1.807, 2.05) is 21.0 Å². The molecule has 2 N–H and O–H groups in total. The lowest BCUT2D eigenvalue weighted by atomic mass is 10.4. The average molecular weight is 290 g/mol. The predicted octanol–water partition coefficient (Wildman–Crippen LogP) is 1.12. The zero-order valence-corrected chi connectivity index (χ0v) is 12.2. The molecular formula is C11H14N8S. The molecule has 3 heterocycles. The molecule has 3 aromatic rings. The number of thioether (sulfide) groups is 1. The molecule has 3 aromatic heterocycles. The van der Waals surface area contributed by atoms with E-state index < -0.39 is 0 Å². The summed E-state index contributed by atoms with van der Waals surface area (Å²) in [5.41, 5.74) is 0.811. The van der Waals surface area contributed by atoms with Crippen LogP contribution in [-0.4, -0.2) is 42.0 Å². The summed E-state index contributed by atoms with van der Waals surface area (Å²) >= 11 is 1.49. The van der Waals surface area contributed by atoms with Crippen LogP contribution in [0.3, 0.4) is 0 Å². The number of nitrogens with one attached hydrogen (secondary N) is 2. The van der Waals surface area contributed by atoms with E-state index in [1.165, 1.54) is 11.8 Å². The molecule has 3 rings (SSSR count). The Morgan fingerprint density at radius 3 is 2.90 bits per heavy atom. The fourth-order valence-electron chi connectivity index (χ4n) is 1.84. The number of aryl methyl sites for hydroxylation is 2. The fourth-order valence-corrected chi connectivity index (χ4v) is 2.54. The average Bonchev–Trinajstić information content (AvgIpc) is 3.03. The van der Waals surface area contributed by atoms with E-state index in [0.717, 1.165) is 28.5 Å². The van der Waals surface area contributed by atoms with Crippen LogP contribution in [0.25, 0.3) is 11.0 Å². The summed E-state index contributed by atoms with van der Waals surface area (Å²) in [6.45, 7) is 1.87. The van der Waals surface area contributed by atoms with Gasteiger partial charge in [-0.15, -0.1) is 5.10 Å². The third-order valence-corrected chi connectivity index (χ3v) is 3.63. The molecule has 0 saturated heterocycles. The fraction of sp³-hybridized carbons (Fsp3) is 0.364. The van der Waals surface area contributed by atoms with Gasteiger partial charge >= 0.3 is 0 Å². The van der Waals surface area contributed by atoms with Gasteiger partial charge in [0, 0.05) is 14.1 Å². The zero-order chi connectivity index (χ0) is 14.1. The summed E-state index contributed by atoms with van der Waals surface area (Å²) in [6.07, 6.45) is 1.76. The highest BCUT2D eigenvalue weighted by Crippen LogP contribution is 2.22. The first kappa shape index (κ1) is 12.9. The van der Waals surface area contributed by atoms with Crippen LogP contribution in [0.15, 0.2) is 11.4 Å². The van der Waals surface area contributed by atoms with Gasteiger partial charge in [-0.3, -0.25) is 9.78 Å². The van der Waals surface area contributed by atoms with E-state index in [1.54, 1.807) is 10.9 Å². The molecule has 104 valence electrons. The molecule has 0 spiro atoms. The van der Waals surface area contributed by atoms with Gasteiger partial charge in [-0.25, -0.2) is 15.0 Å². The Morgan fingerprint density at radius 2 is 2.20 bits per heavy atom. The number of fused-ring (bicyclic) bond motifs is 1. The highest BCUT2D eigenvalue weighted by Gasteiger charge is 2.11. The number of hydrogen-bond donors (Lipinski definition) is 2. The van der Waals surface area contributed by atoms with Crippen molar-refractivity contribution in [2.24, 2.45) is 7.05 Å². The second-order valence-electron chi connectivity index (χ2n) is 4.24. The molecule has 0 aliphatic carbocycles. The number of aromatic nitrogens is 7. The SMILES string of the molecule is CNc1nc(CSc2n[nH]c(C)n2)nc2c1cnn2C. The molecule has 9 heteroatoms. The van der Waals surface area contributed by atoms with Gasteiger partial charge in [0.25, 0.3) is 0 Å². The molecule has 0 radical (unpaired) electrons. The first-order valence-electron chi connectivity index (χ1n) is 6.05. The Hall–Kier alpha value is -2.16. The van der Waals surface area contributed by atoms with Crippen molar-refractivity contribution in [3.8, 4) is 0 Å². The Labute approximate surface area is 119 Å². The highest BCUT2D eigenvalue weighted by molar-refractivity contribution is 7.98. The smallest absolute Gasteiger partial charge is 0.208 e. The van der Waals surface area contributed by atoms with Crippen LogP contribution < -0.4 is 5.32 Å². The molecule has 0 aliphatic rings. The van der Waals surface area contributed by atoms with Gasteiger partial charge in [-0.2, -0.15) is 5.10 Å². The van der Waals surface area contributed by atoms with E-state index in [0.29, 0.717) is 10.9 Å². The molecule has 8 nitrogen and oxygen atoms in total. The minimum absolute atomic E-state index is 0.604. The number of rotatable bonds is 4. The summed E-state index contributed by atoms with van der Waals surface area (Å²) < 4.78 is 1.74. The van der Waals surface area contributed by atoms with Crippen LogP contribution in [0.5, 0.6) is 0 Å². The van der Waals surface area contributed by atoms with Gasteiger partial charge in [0.05, 0.1) is 17.3 Å². The summed E-state index contributed by atoms with van der Waals surface area (Å²) in [7, 11) is 3.70. The van der Waals surface area contributed by atoms with Crippen molar-refractivity contribution < 1.29 is 0 Å². The van der Waals surface area contributed by atoms with Crippen LogP contribution >= 0.6 is 11.8 Å². The van der Waals surface area contributed by atoms with E-state index in [-0.39, 0.29) is 0 Å². The Balaban J connectivity index is 1.89. The number of H-pyrrole nitrogens is 1. The third kappa shape index (κ3) is 2.31. The molecule has 0 bridgehead atoms. The van der Waals surface area contributed by atoms with Gasteiger partial charge in [0.2, 0.25) is 5.16 Å². The van der Waals surface area contributed by atoms with Gasteiger partial charge in [0.15, 0.2) is 5.65 Å². The Kier molecular flexibility index (Phi) is 3.26. The van der Waals surface area contributed by atoms with Crippen molar-refractivity contribution >= 4 is 28.6 Å². The molecule has 0 atom stereocenters. The molecule has 0 amide bonds. The molecule has 0 aromatic carbocycles. The van der Waals surface area contributed by atoms with Crippen molar-refractivity contribution in [3.05, 3.63) is 17.8 Å². The number of aromatic amines is 1. The largest absolute Gasteiger partial charge is 0.372 e. The van der Waals surface area contributed by atoms with Crippen molar-refractivity contribution in [3.63, 3.8) is 0 Å². The van der Waals surface area contributed by atoms with Gasteiger partial charge in [-0.1, -0.05) is 11.8 Å². The quantitative estimate of drug-likeness (QED) is 0.695. The molecule has 20 heavy (non-hydrogen) atoms. The third-order valence-electron chi connectivity index (χ3n) is 2.78. The molecule has 0 saturated carbocycles. The van der Waals surface area contributed by atoms with E-state index in [4.69, 9.17) is 0 Å². The molecular weight excluding hydrogens is 276 g/mol. The maximum Gasteiger partial charge on any atom is 0.208 e. The minimum atomic E-state index is 0.604. The van der Waals surface area contributed by atoms with Crippen LogP contribution in [-0.2, 0) is 12.8 Å². The van der Waals surface area contributed by atoms with Crippen LogP contribution in [0, 0.1) is 6.92 Å². The normalized spacial score (nSPS) is 11.2. The van der Waals surface area contributed by atoms with Crippen molar-refractivity contribution in [1.82, 2.24) is 34.9 Å². The lowest BCUT2D eigenvalue weighted by Gasteiger charge is -2.04. The summed E-state index contributed by atoms with van der Waals surface area (Å²) in [6, 6.07) is 0. The standard InChI is InChI=1S/C11H14N8S/c1-6-14-11(18-17-6)20-5-8-15-9(12-2)7-4-13-19(3)10(7)16-8/h4H,5H2,1-3H3,(H,12,15,16)(H,14,17,18). The van der Waals surface area contributed by atoms with Crippen LogP contribution in [0.1, 0.15) is 11.6 Å². The highest BCUT2D eigenvalue weighted by atomic mass is 32.2. The first-order chi connectivity index (χ1) is 9.67. The number of hydrogen-bond acceptors (Lipinski definition) is 7. The Morgan fingerprint density at radius 1 is 1.35 bits per heavy atom. The lowest BCUT2D eigenvalue weighted by Crippen LogP contribution is -2.02. The van der Waals surface area contributed by atoms with Crippen molar-refractivity contribution in [1.29, 1.82) is 0 Å². The topological polar surface area (TPSA) is 97.2 Å². The lowest BCUT2D eigenvalue weighted by molar-refractivity contribution is 0.782. The second kappa shape index (κ2) is 5.08. The zero-order valence-electron chi connectivity index (χ0n) is 11.4. The molecule has 0 aliphatic heterocycles. The number of nitrogens with zero attached hydrogens (tertiary/aromatic N) is 6. The molecule has 0 unspecified atom stereocenters. The monoisotopic (exact) mass is 290 g/mol. The van der Waals surface area contributed by atoms with Crippen molar-refractivity contribution in [2.45, 2.75) is 17.8 Å². The summed E-state index contributed by atoms with van der Waals surface area (Å²) in [5.74, 6) is 2.90. The second-order valence-corrected chi connectivity index (χ2v) is 5.18. The first-order valence-corrected chi connectivity index (χ1v) is 7.04. The maximum absolute atomic E-state index is 4.53. The van der Waals surface area contributed by atoms with Crippen LogP contribution in [0.4, 0.5) is 5.82 Å². The molecule has 0 fully saturated rings. The Bertz CT molecular complexity index is 746. The summed E-state index contributed by atoms with van der Waals surface area (Å²) in [4.78, 5) is 13.3. The maximum atomic E-state index is 4.53. The minimum Gasteiger partial charge on any atom is -0.372 e.